The molecule has 0 aliphatic carbocycles. The summed E-state index contributed by atoms with van der Waals surface area (Å²) in [4.78, 5) is 22.9. The molecule has 3 nitrogen and oxygen atoms in total. The third-order valence-electron chi connectivity index (χ3n) is 3.40. The van der Waals surface area contributed by atoms with Gasteiger partial charge < -0.3 is 5.11 Å². The number of carbonyl (C=O) groups excluding carboxylic acids is 1. The van der Waals surface area contributed by atoms with E-state index in [0.717, 1.165) is 5.56 Å². The predicted octanol–water partition coefficient (Wildman–Crippen LogP) is 3.56. The third kappa shape index (κ3) is 4.51. The lowest BCUT2D eigenvalue weighted by Gasteiger charge is -2.19. The molecule has 1 atom stereocenters. The Bertz CT molecular complexity index is 457. The number of rotatable bonds is 6. The average molecular weight is 262 g/mol. The van der Waals surface area contributed by atoms with Gasteiger partial charge in [-0.1, -0.05) is 36.8 Å². The molecular formula is C16H22O3. The fourth-order valence-electron chi connectivity index (χ4n) is 2.00. The minimum atomic E-state index is -0.982. The van der Waals surface area contributed by atoms with E-state index < -0.39 is 11.4 Å². The lowest BCUT2D eigenvalue weighted by Crippen LogP contribution is -2.27. The van der Waals surface area contributed by atoms with Gasteiger partial charge >= 0.3 is 5.97 Å². The van der Waals surface area contributed by atoms with Crippen LogP contribution >= 0.6 is 0 Å². The van der Waals surface area contributed by atoms with Crippen molar-refractivity contribution in [2.45, 2.75) is 46.5 Å². The third-order valence-corrected chi connectivity index (χ3v) is 3.40. The van der Waals surface area contributed by atoms with Gasteiger partial charge in [0.05, 0.1) is 5.41 Å². The first-order chi connectivity index (χ1) is 8.72. The summed E-state index contributed by atoms with van der Waals surface area (Å²) >= 11 is 0. The SMILES string of the molecule is Cc1ccc(C(C)CC(=O)CC(C)(C)C(=O)O)cc1. The van der Waals surface area contributed by atoms with E-state index in [1.165, 1.54) is 5.56 Å². The summed E-state index contributed by atoms with van der Waals surface area (Å²) in [5.74, 6) is -0.804. The molecule has 1 N–H and O–H groups in total. The van der Waals surface area contributed by atoms with Gasteiger partial charge in [0.15, 0.2) is 0 Å². The normalized spacial score (nSPS) is 13.1. The molecule has 1 rings (SSSR count). The number of hydrogen-bond donors (Lipinski definition) is 1. The van der Waals surface area contributed by atoms with Crippen molar-refractivity contribution in [3.63, 3.8) is 0 Å². The zero-order chi connectivity index (χ0) is 14.6. The molecule has 104 valence electrons. The number of carbonyl (C=O) groups is 2. The molecule has 3 heteroatoms. The maximum absolute atomic E-state index is 12.0. The molecule has 0 heterocycles. The smallest absolute Gasteiger partial charge is 0.309 e. The molecular weight excluding hydrogens is 240 g/mol. The van der Waals surface area contributed by atoms with Gasteiger partial charge in [0.2, 0.25) is 0 Å². The zero-order valence-corrected chi connectivity index (χ0v) is 12.1. The van der Waals surface area contributed by atoms with Crippen LogP contribution in [-0.2, 0) is 9.59 Å². The molecule has 0 bridgehead atoms. The van der Waals surface area contributed by atoms with Gasteiger partial charge in [-0.25, -0.2) is 0 Å². The molecule has 0 aromatic heterocycles. The quantitative estimate of drug-likeness (QED) is 0.852. The number of carboxylic acid groups (broad SMARTS) is 1. The van der Waals surface area contributed by atoms with Gasteiger partial charge in [-0.2, -0.15) is 0 Å². The summed E-state index contributed by atoms with van der Waals surface area (Å²) in [5.41, 5.74) is 1.32. The van der Waals surface area contributed by atoms with Crippen LogP contribution < -0.4 is 0 Å². The summed E-state index contributed by atoms with van der Waals surface area (Å²) in [6, 6.07) is 8.10. The number of Topliss-reactive ketones (excluding diaryl/α,β-unsaturated/α-hetero) is 1. The van der Waals surface area contributed by atoms with Crippen LogP contribution in [0.15, 0.2) is 24.3 Å². The second kappa shape index (κ2) is 6.00. The summed E-state index contributed by atoms with van der Waals surface area (Å²) in [7, 11) is 0. The Morgan fingerprint density at radius 2 is 1.74 bits per heavy atom. The Morgan fingerprint density at radius 1 is 1.21 bits per heavy atom. The highest BCUT2D eigenvalue weighted by Crippen LogP contribution is 2.26. The molecule has 0 saturated heterocycles. The van der Waals surface area contributed by atoms with E-state index in [2.05, 4.69) is 0 Å². The Kier molecular flexibility index (Phi) is 4.87. The number of aryl methyl sites for hydroxylation is 1. The van der Waals surface area contributed by atoms with Crippen molar-refractivity contribution in [2.24, 2.45) is 5.41 Å². The van der Waals surface area contributed by atoms with Gasteiger partial charge in [-0.15, -0.1) is 0 Å². The first kappa shape index (κ1) is 15.4. The molecule has 0 radical (unpaired) electrons. The van der Waals surface area contributed by atoms with Crippen molar-refractivity contribution in [3.8, 4) is 0 Å². The highest BCUT2D eigenvalue weighted by atomic mass is 16.4. The molecule has 1 unspecified atom stereocenters. The van der Waals surface area contributed by atoms with Crippen LogP contribution in [0.2, 0.25) is 0 Å². The highest BCUT2D eigenvalue weighted by molar-refractivity contribution is 5.86. The van der Waals surface area contributed by atoms with Crippen molar-refractivity contribution in [1.29, 1.82) is 0 Å². The number of hydrogen-bond acceptors (Lipinski definition) is 2. The number of aliphatic carboxylic acids is 1. The van der Waals surface area contributed by atoms with Crippen LogP contribution in [0.1, 0.15) is 50.7 Å². The summed E-state index contributed by atoms with van der Waals surface area (Å²) in [6.45, 7) is 7.19. The number of ketones is 1. The lowest BCUT2D eigenvalue weighted by molar-refractivity contribution is -0.149. The summed E-state index contributed by atoms with van der Waals surface area (Å²) < 4.78 is 0. The summed E-state index contributed by atoms with van der Waals surface area (Å²) in [5, 5.41) is 9.02. The number of carboxylic acids is 1. The van der Waals surface area contributed by atoms with Crippen molar-refractivity contribution in [1.82, 2.24) is 0 Å². The second-order valence-electron chi connectivity index (χ2n) is 5.92. The van der Waals surface area contributed by atoms with Crippen LogP contribution in [0, 0.1) is 12.3 Å². The predicted molar refractivity (Wildman–Crippen MR) is 75.3 cm³/mol. The first-order valence-electron chi connectivity index (χ1n) is 6.54. The number of benzene rings is 1. The second-order valence-corrected chi connectivity index (χ2v) is 5.92. The van der Waals surface area contributed by atoms with Crippen molar-refractivity contribution >= 4 is 11.8 Å². The van der Waals surface area contributed by atoms with Gasteiger partial charge in [0.1, 0.15) is 5.78 Å². The molecule has 1 aromatic rings. The average Bonchev–Trinajstić information content (AvgIpc) is 2.28. The zero-order valence-electron chi connectivity index (χ0n) is 12.1. The van der Waals surface area contributed by atoms with E-state index >= 15 is 0 Å². The lowest BCUT2D eigenvalue weighted by atomic mass is 9.84. The highest BCUT2D eigenvalue weighted by Gasteiger charge is 2.30. The Morgan fingerprint density at radius 3 is 2.21 bits per heavy atom. The van der Waals surface area contributed by atoms with Crippen LogP contribution in [0.5, 0.6) is 0 Å². The minimum Gasteiger partial charge on any atom is -0.481 e. The molecule has 0 saturated carbocycles. The molecule has 0 spiro atoms. The Balaban J connectivity index is 2.62. The van der Waals surface area contributed by atoms with E-state index in [-0.39, 0.29) is 18.1 Å². The van der Waals surface area contributed by atoms with E-state index in [4.69, 9.17) is 5.11 Å². The van der Waals surface area contributed by atoms with Gasteiger partial charge in [0.25, 0.3) is 0 Å². The van der Waals surface area contributed by atoms with Gasteiger partial charge in [0, 0.05) is 12.8 Å². The maximum atomic E-state index is 12.0. The summed E-state index contributed by atoms with van der Waals surface area (Å²) in [6.07, 6.45) is 0.471. The molecule has 1 aromatic carbocycles. The van der Waals surface area contributed by atoms with E-state index in [9.17, 15) is 9.59 Å². The van der Waals surface area contributed by atoms with Gasteiger partial charge in [-0.3, -0.25) is 9.59 Å². The van der Waals surface area contributed by atoms with Crippen LogP contribution in [-0.4, -0.2) is 16.9 Å². The fraction of sp³-hybridized carbons (Fsp3) is 0.500. The molecule has 0 aliphatic rings. The Hall–Kier alpha value is -1.64. The van der Waals surface area contributed by atoms with Crippen molar-refractivity contribution in [3.05, 3.63) is 35.4 Å². The first-order valence-corrected chi connectivity index (χ1v) is 6.54. The van der Waals surface area contributed by atoms with Crippen LogP contribution in [0.4, 0.5) is 0 Å². The standard InChI is InChI=1S/C16H22O3/c1-11-5-7-13(8-6-11)12(2)9-14(17)10-16(3,4)15(18)19/h5-8,12H,9-10H2,1-4H3,(H,18,19). The van der Waals surface area contributed by atoms with E-state index in [1.54, 1.807) is 13.8 Å². The molecule has 0 aliphatic heterocycles. The Labute approximate surface area is 114 Å². The monoisotopic (exact) mass is 262 g/mol. The molecule has 0 amide bonds. The van der Waals surface area contributed by atoms with Gasteiger partial charge in [-0.05, 0) is 32.3 Å². The minimum absolute atomic E-state index is 0.000440. The maximum Gasteiger partial charge on any atom is 0.309 e. The van der Waals surface area contributed by atoms with E-state index in [1.807, 2.05) is 38.1 Å². The topological polar surface area (TPSA) is 54.4 Å². The van der Waals surface area contributed by atoms with Crippen LogP contribution in [0.3, 0.4) is 0 Å². The molecule has 19 heavy (non-hydrogen) atoms. The largest absolute Gasteiger partial charge is 0.481 e. The molecule has 0 fully saturated rings. The van der Waals surface area contributed by atoms with Crippen molar-refractivity contribution < 1.29 is 14.7 Å². The fourth-order valence-corrected chi connectivity index (χ4v) is 2.00. The van der Waals surface area contributed by atoms with E-state index in [0.29, 0.717) is 6.42 Å². The van der Waals surface area contributed by atoms with Crippen molar-refractivity contribution in [2.75, 3.05) is 0 Å². The van der Waals surface area contributed by atoms with Crippen LogP contribution in [0.25, 0.3) is 0 Å².